The zero-order valence-corrected chi connectivity index (χ0v) is 11.0. The fourth-order valence-electron chi connectivity index (χ4n) is 1.30. The van der Waals surface area contributed by atoms with E-state index in [1.807, 2.05) is 32.8 Å². The molecule has 0 aromatic carbocycles. The molecule has 0 spiro atoms. The molecule has 100 valence electrons. The minimum atomic E-state index is -0.999. The monoisotopic (exact) mass is 245 g/mol. The predicted octanol–water partition coefficient (Wildman–Crippen LogP) is 0.347. The number of amides is 2. The van der Waals surface area contributed by atoms with Gasteiger partial charge in [0.25, 0.3) is 0 Å². The molecule has 0 saturated carbocycles. The average Bonchev–Trinajstić information content (AvgIpc) is 2.15. The van der Waals surface area contributed by atoms with Gasteiger partial charge < -0.3 is 20.6 Å². The van der Waals surface area contributed by atoms with Gasteiger partial charge in [0.15, 0.2) is 0 Å². The Morgan fingerprint density at radius 1 is 1.29 bits per heavy atom. The van der Waals surface area contributed by atoms with Gasteiger partial charge in [0.05, 0.1) is 0 Å². The number of likely N-dealkylation sites (N-methyl/N-ethyl adjacent to an activating group) is 1. The lowest BCUT2D eigenvalue weighted by molar-refractivity contribution is -0.139. The Kier molecular flexibility index (Phi) is 7.29. The zero-order valence-electron chi connectivity index (χ0n) is 11.0. The van der Waals surface area contributed by atoms with E-state index in [1.54, 1.807) is 0 Å². The normalized spacial score (nSPS) is 12.6. The van der Waals surface area contributed by atoms with E-state index in [9.17, 15) is 9.59 Å². The van der Waals surface area contributed by atoms with Gasteiger partial charge in [-0.1, -0.05) is 13.8 Å². The summed E-state index contributed by atoms with van der Waals surface area (Å²) in [5, 5.41) is 14.0. The van der Waals surface area contributed by atoms with E-state index in [0.717, 1.165) is 6.54 Å². The van der Waals surface area contributed by atoms with Crippen molar-refractivity contribution in [3.8, 4) is 0 Å². The van der Waals surface area contributed by atoms with Crippen LogP contribution >= 0.6 is 0 Å². The van der Waals surface area contributed by atoms with Crippen molar-refractivity contribution in [3.05, 3.63) is 0 Å². The van der Waals surface area contributed by atoms with Crippen molar-refractivity contribution in [2.24, 2.45) is 5.92 Å². The molecule has 0 aromatic rings. The molecule has 1 unspecified atom stereocenters. The fourth-order valence-corrected chi connectivity index (χ4v) is 1.30. The number of carboxylic acids is 1. The molecule has 1 atom stereocenters. The Hall–Kier alpha value is -1.30. The summed E-state index contributed by atoms with van der Waals surface area (Å²) in [4.78, 5) is 24.3. The third kappa shape index (κ3) is 8.50. The van der Waals surface area contributed by atoms with E-state index in [0.29, 0.717) is 13.0 Å². The van der Waals surface area contributed by atoms with Crippen LogP contribution in [-0.4, -0.2) is 55.2 Å². The first-order chi connectivity index (χ1) is 7.82. The molecule has 0 fully saturated rings. The maximum atomic E-state index is 11.4. The molecule has 0 saturated heterocycles. The van der Waals surface area contributed by atoms with Crippen molar-refractivity contribution in [2.45, 2.75) is 26.3 Å². The number of rotatable bonds is 7. The van der Waals surface area contributed by atoms with Gasteiger partial charge in [-0.15, -0.1) is 0 Å². The largest absolute Gasteiger partial charge is 0.480 e. The van der Waals surface area contributed by atoms with Gasteiger partial charge in [-0.2, -0.15) is 0 Å². The number of carbonyl (C=O) groups excluding carboxylic acids is 1. The van der Waals surface area contributed by atoms with E-state index in [1.165, 1.54) is 0 Å². The van der Waals surface area contributed by atoms with Gasteiger partial charge in [0.1, 0.15) is 6.04 Å². The molecular weight excluding hydrogens is 222 g/mol. The summed E-state index contributed by atoms with van der Waals surface area (Å²) in [5.41, 5.74) is 0. The number of urea groups is 1. The second-order valence-electron chi connectivity index (χ2n) is 4.72. The minimum Gasteiger partial charge on any atom is -0.480 e. The summed E-state index contributed by atoms with van der Waals surface area (Å²) in [6.45, 7) is 5.05. The van der Waals surface area contributed by atoms with Crippen molar-refractivity contribution in [1.29, 1.82) is 0 Å². The van der Waals surface area contributed by atoms with E-state index in [-0.39, 0.29) is 5.92 Å². The lowest BCUT2D eigenvalue weighted by Crippen LogP contribution is -2.47. The average molecular weight is 245 g/mol. The molecule has 0 aliphatic rings. The second kappa shape index (κ2) is 7.89. The molecule has 0 bridgehead atoms. The number of hydrogen-bond donors (Lipinski definition) is 3. The molecule has 0 aromatic heterocycles. The van der Waals surface area contributed by atoms with Crippen LogP contribution in [0.1, 0.15) is 20.3 Å². The number of carbonyl (C=O) groups is 2. The van der Waals surface area contributed by atoms with Crippen molar-refractivity contribution in [3.63, 3.8) is 0 Å². The van der Waals surface area contributed by atoms with Gasteiger partial charge in [-0.05, 0) is 26.4 Å². The van der Waals surface area contributed by atoms with Gasteiger partial charge in [-0.3, -0.25) is 0 Å². The smallest absolute Gasteiger partial charge is 0.326 e. The van der Waals surface area contributed by atoms with Gasteiger partial charge >= 0.3 is 12.0 Å². The lowest BCUT2D eigenvalue weighted by atomic mass is 10.0. The summed E-state index contributed by atoms with van der Waals surface area (Å²) in [6, 6.07) is -1.26. The van der Waals surface area contributed by atoms with Crippen LogP contribution in [0, 0.1) is 5.92 Å². The number of hydrogen-bond acceptors (Lipinski definition) is 3. The van der Waals surface area contributed by atoms with Crippen LogP contribution < -0.4 is 10.6 Å². The molecule has 0 heterocycles. The maximum absolute atomic E-state index is 11.4. The number of nitrogens with one attached hydrogen (secondary N) is 2. The van der Waals surface area contributed by atoms with Crippen molar-refractivity contribution in [2.75, 3.05) is 27.2 Å². The van der Waals surface area contributed by atoms with E-state index < -0.39 is 18.0 Å². The molecule has 3 N–H and O–H groups in total. The van der Waals surface area contributed by atoms with Crippen molar-refractivity contribution in [1.82, 2.24) is 15.5 Å². The Bertz CT molecular complexity index is 254. The Balaban J connectivity index is 4.00. The van der Waals surface area contributed by atoms with Gasteiger partial charge in [0, 0.05) is 13.1 Å². The predicted molar refractivity (Wildman–Crippen MR) is 66.0 cm³/mol. The van der Waals surface area contributed by atoms with E-state index in [4.69, 9.17) is 5.11 Å². The Morgan fingerprint density at radius 3 is 2.29 bits per heavy atom. The summed E-state index contributed by atoms with van der Waals surface area (Å²) in [5.74, 6) is -0.778. The molecule has 0 rings (SSSR count). The quantitative estimate of drug-likeness (QED) is 0.604. The van der Waals surface area contributed by atoms with E-state index >= 15 is 0 Å². The van der Waals surface area contributed by atoms with E-state index in [2.05, 4.69) is 10.6 Å². The standard InChI is InChI=1S/C11H23N3O3/c1-8(2)7-9(10(15)16)13-11(17)12-5-6-14(3)4/h8-9H,5-7H2,1-4H3,(H,15,16)(H2,12,13,17). The van der Waals surface area contributed by atoms with Crippen LogP contribution in [0.3, 0.4) is 0 Å². The summed E-state index contributed by atoms with van der Waals surface area (Å²) >= 11 is 0. The number of aliphatic carboxylic acids is 1. The van der Waals surface area contributed by atoms with Gasteiger partial charge in [-0.25, -0.2) is 9.59 Å². The molecule has 2 amide bonds. The minimum absolute atomic E-state index is 0.221. The molecular formula is C11H23N3O3. The highest BCUT2D eigenvalue weighted by molar-refractivity contribution is 5.82. The van der Waals surface area contributed by atoms with Crippen LogP contribution in [0.25, 0.3) is 0 Å². The van der Waals surface area contributed by atoms with Crippen LogP contribution in [-0.2, 0) is 4.79 Å². The first kappa shape index (κ1) is 15.7. The Morgan fingerprint density at radius 2 is 1.88 bits per heavy atom. The fraction of sp³-hybridized carbons (Fsp3) is 0.818. The topological polar surface area (TPSA) is 81.7 Å². The maximum Gasteiger partial charge on any atom is 0.326 e. The highest BCUT2D eigenvalue weighted by Gasteiger charge is 2.20. The number of carboxylic acid groups (broad SMARTS) is 1. The van der Waals surface area contributed by atoms with Crippen molar-refractivity contribution < 1.29 is 14.7 Å². The van der Waals surface area contributed by atoms with Crippen LogP contribution in [0.4, 0.5) is 4.79 Å². The Labute approximate surface area is 102 Å². The molecule has 6 heteroatoms. The first-order valence-electron chi connectivity index (χ1n) is 5.74. The molecule has 0 aliphatic heterocycles. The summed E-state index contributed by atoms with van der Waals surface area (Å²) in [7, 11) is 3.80. The SMILES string of the molecule is CC(C)CC(NC(=O)NCCN(C)C)C(=O)O. The molecule has 0 aliphatic carbocycles. The third-order valence-corrected chi connectivity index (χ3v) is 2.16. The second-order valence-corrected chi connectivity index (χ2v) is 4.72. The lowest BCUT2D eigenvalue weighted by Gasteiger charge is -2.17. The molecule has 6 nitrogen and oxygen atoms in total. The van der Waals surface area contributed by atoms with Crippen LogP contribution in [0.15, 0.2) is 0 Å². The highest BCUT2D eigenvalue weighted by Crippen LogP contribution is 2.04. The van der Waals surface area contributed by atoms with Gasteiger partial charge in [0.2, 0.25) is 0 Å². The number of nitrogens with zero attached hydrogens (tertiary/aromatic N) is 1. The van der Waals surface area contributed by atoms with Crippen LogP contribution in [0.2, 0.25) is 0 Å². The summed E-state index contributed by atoms with van der Waals surface area (Å²) < 4.78 is 0. The summed E-state index contributed by atoms with van der Waals surface area (Å²) in [6.07, 6.45) is 0.427. The molecule has 0 radical (unpaired) electrons. The molecule has 17 heavy (non-hydrogen) atoms. The first-order valence-corrected chi connectivity index (χ1v) is 5.74. The zero-order chi connectivity index (χ0) is 13.4. The van der Waals surface area contributed by atoms with Crippen LogP contribution in [0.5, 0.6) is 0 Å². The highest BCUT2D eigenvalue weighted by atomic mass is 16.4. The van der Waals surface area contributed by atoms with Crippen molar-refractivity contribution >= 4 is 12.0 Å². The third-order valence-electron chi connectivity index (χ3n) is 2.16.